The number of nitrogens with zero attached hydrogens (tertiary/aromatic N) is 2. The molecule has 11 heteroatoms. The molecular weight excluding hydrogens is 436 g/mol. The van der Waals surface area contributed by atoms with Crippen LogP contribution in [0.2, 0.25) is 0 Å². The van der Waals surface area contributed by atoms with Crippen molar-refractivity contribution in [1.29, 1.82) is 0 Å². The van der Waals surface area contributed by atoms with Crippen LogP contribution < -0.4 is 10.1 Å². The summed E-state index contributed by atoms with van der Waals surface area (Å²) < 4.78 is 46.1. The van der Waals surface area contributed by atoms with Crippen LogP contribution in [0.1, 0.15) is 56.7 Å². The lowest BCUT2D eigenvalue weighted by molar-refractivity contribution is -0.0499. The average Bonchev–Trinajstić information content (AvgIpc) is 3.12. The Kier molecular flexibility index (Phi) is 7.89. The van der Waals surface area contributed by atoms with Gasteiger partial charge in [-0.25, -0.2) is 14.0 Å². The van der Waals surface area contributed by atoms with Crippen LogP contribution in [0, 0.1) is 0 Å². The van der Waals surface area contributed by atoms with Crippen molar-refractivity contribution >= 4 is 33.7 Å². The van der Waals surface area contributed by atoms with E-state index in [1.54, 1.807) is 13.8 Å². The van der Waals surface area contributed by atoms with Crippen molar-refractivity contribution in [2.24, 2.45) is 4.36 Å². The van der Waals surface area contributed by atoms with Crippen LogP contribution in [-0.4, -0.2) is 26.9 Å². The molecule has 0 saturated carbocycles. The topological polar surface area (TPSA) is 101 Å². The van der Waals surface area contributed by atoms with Gasteiger partial charge in [-0.05, 0) is 49.4 Å². The van der Waals surface area contributed by atoms with Crippen molar-refractivity contribution in [2.45, 2.75) is 63.4 Å². The molecule has 0 bridgehead atoms. The molecule has 1 unspecified atom stereocenters. The molecule has 0 aliphatic rings. The zero-order chi connectivity index (χ0) is 22.6. The monoisotopic (exact) mass is 461 g/mol. The largest absolute Gasteiger partial charge is 0.435 e. The number of aromatic nitrogens is 1. The number of carbonyl (C=O) groups is 1. The Labute approximate surface area is 179 Å². The third kappa shape index (κ3) is 6.19. The van der Waals surface area contributed by atoms with Gasteiger partial charge in [0.25, 0.3) is 0 Å². The van der Waals surface area contributed by atoms with Crippen molar-refractivity contribution < 1.29 is 27.6 Å². The minimum absolute atomic E-state index is 0.00960. The smallest absolute Gasteiger partial charge is 0.387 e. The molecule has 7 nitrogen and oxygen atoms in total. The maximum Gasteiger partial charge on any atom is 0.387 e. The molecule has 0 aliphatic carbocycles. The van der Waals surface area contributed by atoms with E-state index in [4.69, 9.17) is 0 Å². The fraction of sp³-hybridized carbons (Fsp3) is 0.474. The van der Waals surface area contributed by atoms with E-state index >= 15 is 0 Å². The number of nitrogens with one attached hydrogen (secondary N) is 1. The van der Waals surface area contributed by atoms with Crippen LogP contribution in [0.5, 0.6) is 5.75 Å². The predicted molar refractivity (Wildman–Crippen MR) is 113 cm³/mol. The highest BCUT2D eigenvalue weighted by Crippen LogP contribution is 2.34. The maximum atomic E-state index is 12.6. The molecule has 2 amide bonds. The highest BCUT2D eigenvalue weighted by atomic mass is 32.2. The molecule has 2 N–H and O–H groups in total. The minimum atomic E-state index is -2.96. The summed E-state index contributed by atoms with van der Waals surface area (Å²) in [7, 11) is -2.41. The Balaban J connectivity index is 2.34. The number of carbonyl (C=O) groups excluding carboxylic acids is 1. The summed E-state index contributed by atoms with van der Waals surface area (Å²) in [6.45, 7) is 5.66. The fourth-order valence-corrected chi connectivity index (χ4v) is 4.48. The zero-order valence-corrected chi connectivity index (χ0v) is 19.0. The van der Waals surface area contributed by atoms with Crippen LogP contribution in [0.3, 0.4) is 0 Å². The summed E-state index contributed by atoms with van der Waals surface area (Å²) in [5.74, 6) is -0.0909. The Morgan fingerprint density at radius 3 is 2.57 bits per heavy atom. The molecule has 1 heterocycles. The van der Waals surface area contributed by atoms with Gasteiger partial charge in [0.1, 0.15) is 20.6 Å². The van der Waals surface area contributed by atoms with Crippen molar-refractivity contribution in [1.82, 2.24) is 4.98 Å². The molecule has 1 aromatic carbocycles. The van der Waals surface area contributed by atoms with Gasteiger partial charge >= 0.3 is 12.6 Å². The number of alkyl halides is 2. The number of ether oxygens (including phenoxy) is 1. The number of aryl methyl sites for hydroxylation is 1. The van der Waals surface area contributed by atoms with E-state index < -0.39 is 28.8 Å². The molecule has 2 rings (SSSR count). The van der Waals surface area contributed by atoms with E-state index in [2.05, 4.69) is 19.4 Å². The molecule has 1 atom stereocenters. The van der Waals surface area contributed by atoms with Crippen molar-refractivity contribution in [3.05, 3.63) is 34.5 Å². The first-order valence-corrected chi connectivity index (χ1v) is 11.3. The number of urea groups is 1. The summed E-state index contributed by atoms with van der Waals surface area (Å²) >= 11 is 1.01. The van der Waals surface area contributed by atoms with Crippen molar-refractivity contribution in [3.8, 4) is 5.75 Å². The van der Waals surface area contributed by atoms with E-state index in [0.717, 1.165) is 11.3 Å². The molecule has 0 spiro atoms. The summed E-state index contributed by atoms with van der Waals surface area (Å²) in [4.78, 5) is 16.4. The molecule has 2 aromatic rings. The second kappa shape index (κ2) is 9.80. The molecule has 166 valence electrons. The van der Waals surface area contributed by atoms with E-state index in [1.807, 2.05) is 20.8 Å². The van der Waals surface area contributed by atoms with Gasteiger partial charge < -0.3 is 15.2 Å². The van der Waals surface area contributed by atoms with Crippen LogP contribution in [0.4, 0.5) is 19.3 Å². The number of thiazole rings is 1. The first-order chi connectivity index (χ1) is 13.9. The number of benzene rings is 1. The van der Waals surface area contributed by atoms with Gasteiger partial charge in [-0.1, -0.05) is 20.8 Å². The molecular formula is C19H25F2N3O4S2. The SMILES string of the molecule is CCc1cc(OC(F)F)cc(C(C)C)c1NC(=O)/N=[SH](=O)/c1cnc(C(C)(C)O)s1. The van der Waals surface area contributed by atoms with Gasteiger partial charge in [0.05, 0.1) is 16.8 Å². The minimum Gasteiger partial charge on any atom is -0.435 e. The van der Waals surface area contributed by atoms with Crippen LogP contribution in [0.15, 0.2) is 26.9 Å². The second-order valence-electron chi connectivity index (χ2n) is 7.30. The fourth-order valence-electron chi connectivity index (χ4n) is 2.65. The van der Waals surface area contributed by atoms with Crippen LogP contribution >= 0.6 is 11.3 Å². The number of hydrogen-bond donors (Lipinski definition) is 3. The number of amides is 2. The third-order valence-electron chi connectivity index (χ3n) is 4.07. The number of halogens is 2. The van der Waals surface area contributed by atoms with Crippen LogP contribution in [0.25, 0.3) is 0 Å². The number of thiol groups is 1. The maximum absolute atomic E-state index is 12.6. The van der Waals surface area contributed by atoms with Gasteiger partial charge in [0.15, 0.2) is 0 Å². The van der Waals surface area contributed by atoms with Gasteiger partial charge in [0, 0.05) is 5.69 Å². The molecule has 0 radical (unpaired) electrons. The normalized spacial score (nSPS) is 13.1. The zero-order valence-electron chi connectivity index (χ0n) is 17.3. The van der Waals surface area contributed by atoms with E-state index in [1.165, 1.54) is 18.3 Å². The number of anilines is 1. The first-order valence-electron chi connectivity index (χ1n) is 9.22. The molecule has 0 saturated heterocycles. The lowest BCUT2D eigenvalue weighted by Crippen LogP contribution is -2.14. The van der Waals surface area contributed by atoms with Gasteiger partial charge in [0.2, 0.25) is 0 Å². The average molecular weight is 462 g/mol. The Hall–Kier alpha value is -2.11. The third-order valence-corrected chi connectivity index (χ3v) is 6.78. The number of hydrogen-bond acceptors (Lipinski definition) is 6. The van der Waals surface area contributed by atoms with Crippen LogP contribution in [-0.2, 0) is 22.6 Å². The summed E-state index contributed by atoms with van der Waals surface area (Å²) in [5, 5.41) is 13.0. The Morgan fingerprint density at radius 2 is 2.07 bits per heavy atom. The molecule has 30 heavy (non-hydrogen) atoms. The lowest BCUT2D eigenvalue weighted by atomic mass is 9.96. The van der Waals surface area contributed by atoms with E-state index in [-0.39, 0.29) is 15.9 Å². The van der Waals surface area contributed by atoms with Crippen molar-refractivity contribution in [2.75, 3.05) is 5.32 Å². The summed E-state index contributed by atoms with van der Waals surface area (Å²) in [6, 6.07) is 2.06. The van der Waals surface area contributed by atoms with E-state index in [9.17, 15) is 22.9 Å². The molecule has 0 aliphatic heterocycles. The number of rotatable bonds is 7. The Morgan fingerprint density at radius 1 is 1.40 bits per heavy atom. The highest BCUT2D eigenvalue weighted by Gasteiger charge is 2.21. The standard InChI is InChI=1S/C19H25F2N3O4S2/c1-6-11-7-12(28-17(20)21)8-13(10(2)3)15(11)23-18(25)24-30(27)14-9-22-16(29-14)19(4,5)26/h7-10,17,26,30H,6H2,1-5H3,(H,23,25). The second-order valence-corrected chi connectivity index (χ2v) is 9.86. The summed E-state index contributed by atoms with van der Waals surface area (Å²) in [5.41, 5.74) is 0.447. The van der Waals surface area contributed by atoms with E-state index in [0.29, 0.717) is 28.2 Å². The Bertz CT molecular complexity index is 994. The first kappa shape index (κ1) is 24.2. The van der Waals surface area contributed by atoms with Gasteiger partial charge in [-0.3, -0.25) is 0 Å². The predicted octanol–water partition coefficient (Wildman–Crippen LogP) is 4.91. The lowest BCUT2D eigenvalue weighted by Gasteiger charge is -2.19. The number of aliphatic hydroxyl groups is 1. The quantitative estimate of drug-likeness (QED) is 0.509. The van der Waals surface area contributed by atoms with Crippen molar-refractivity contribution in [3.63, 3.8) is 0 Å². The van der Waals surface area contributed by atoms with Gasteiger partial charge in [-0.2, -0.15) is 8.78 Å². The summed E-state index contributed by atoms with van der Waals surface area (Å²) in [6.07, 6.45) is 1.77. The van der Waals surface area contributed by atoms with Gasteiger partial charge in [-0.15, -0.1) is 15.7 Å². The highest BCUT2D eigenvalue weighted by molar-refractivity contribution is 7.78. The molecule has 0 fully saturated rings. The molecule has 1 aromatic heterocycles.